The molecule has 1 aliphatic heterocycles. The smallest absolute Gasteiger partial charge is 0.276 e. The van der Waals surface area contributed by atoms with Gasteiger partial charge >= 0.3 is 0 Å². The van der Waals surface area contributed by atoms with Crippen LogP contribution in [0.4, 0.5) is 11.4 Å². The molecule has 4 rings (SSSR count). The van der Waals surface area contributed by atoms with E-state index in [9.17, 15) is 14.4 Å². The van der Waals surface area contributed by atoms with Crippen LogP contribution in [0.25, 0.3) is 0 Å². The Morgan fingerprint density at radius 3 is 2.68 bits per heavy atom. The average molecular weight is 464 g/mol. The lowest BCUT2D eigenvalue weighted by Crippen LogP contribution is -2.52. The summed E-state index contributed by atoms with van der Waals surface area (Å²) in [5.41, 5.74) is 1.47. The fraction of sp³-hybridized carbons (Fsp3) is 0.318. The standard InChI is InChI=1S/C22H25N9O3/c1-24-10-17(19(23)22(34)31-7-6-27-18(32)11-31)30-21(33)20-16(28-14-8-25-12-26-9-14)5-4-15(29-20)13-2-3-13/h4-5,8-10,12-13,23-24,28H,2-3,6-7,11H2,1H3,(H,27,32)(H,30,33)/b17-10+,23-19?. The zero-order valence-corrected chi connectivity index (χ0v) is 18.6. The molecule has 0 bridgehead atoms. The predicted molar refractivity (Wildman–Crippen MR) is 123 cm³/mol. The second-order valence-corrected chi connectivity index (χ2v) is 7.91. The maximum absolute atomic E-state index is 13.3. The Hall–Kier alpha value is -4.35. The van der Waals surface area contributed by atoms with Crippen LogP contribution in [0, 0.1) is 5.41 Å². The van der Waals surface area contributed by atoms with E-state index < -0.39 is 17.5 Å². The Morgan fingerprint density at radius 2 is 2.00 bits per heavy atom. The van der Waals surface area contributed by atoms with Gasteiger partial charge in [0, 0.05) is 37.9 Å². The van der Waals surface area contributed by atoms with Gasteiger partial charge in [0.1, 0.15) is 12.0 Å². The van der Waals surface area contributed by atoms with Crippen molar-refractivity contribution in [2.24, 2.45) is 0 Å². The normalized spacial score (nSPS) is 15.9. The summed E-state index contributed by atoms with van der Waals surface area (Å²) in [5.74, 6) is -1.22. The number of rotatable bonds is 8. The van der Waals surface area contributed by atoms with E-state index in [-0.39, 0.29) is 30.4 Å². The molecule has 0 atom stereocenters. The topological polar surface area (TPSA) is 165 Å². The van der Waals surface area contributed by atoms with Crippen LogP contribution in [0.2, 0.25) is 0 Å². The van der Waals surface area contributed by atoms with Gasteiger partial charge in [-0.25, -0.2) is 15.0 Å². The zero-order chi connectivity index (χ0) is 24.1. The Morgan fingerprint density at radius 1 is 1.24 bits per heavy atom. The van der Waals surface area contributed by atoms with Crippen molar-refractivity contribution in [2.45, 2.75) is 18.8 Å². The third kappa shape index (κ3) is 5.34. The lowest BCUT2D eigenvalue weighted by molar-refractivity contribution is -0.133. The van der Waals surface area contributed by atoms with Crippen molar-refractivity contribution >= 4 is 34.8 Å². The molecule has 5 N–H and O–H groups in total. The summed E-state index contributed by atoms with van der Waals surface area (Å²) in [6.07, 6.45) is 7.92. The van der Waals surface area contributed by atoms with Gasteiger partial charge in [-0.05, 0) is 25.0 Å². The first-order valence-corrected chi connectivity index (χ1v) is 10.8. The van der Waals surface area contributed by atoms with Gasteiger partial charge in [-0.15, -0.1) is 0 Å². The number of anilines is 2. The van der Waals surface area contributed by atoms with E-state index in [1.807, 2.05) is 6.07 Å². The number of nitrogens with zero attached hydrogens (tertiary/aromatic N) is 4. The molecule has 12 nitrogen and oxygen atoms in total. The predicted octanol–water partition coefficient (Wildman–Crippen LogP) is 0.261. The second-order valence-electron chi connectivity index (χ2n) is 7.91. The van der Waals surface area contributed by atoms with Crippen molar-refractivity contribution in [3.8, 4) is 0 Å². The number of amides is 3. The molecule has 2 aromatic heterocycles. The van der Waals surface area contributed by atoms with Gasteiger partial charge in [0.05, 0.1) is 36.0 Å². The van der Waals surface area contributed by atoms with Crippen molar-refractivity contribution in [1.29, 1.82) is 5.41 Å². The van der Waals surface area contributed by atoms with E-state index in [2.05, 4.69) is 36.2 Å². The fourth-order valence-electron chi connectivity index (χ4n) is 3.46. The number of carbonyl (C=O) groups excluding carboxylic acids is 3. The molecular formula is C22H25N9O3. The van der Waals surface area contributed by atoms with Crippen molar-refractivity contribution in [2.75, 3.05) is 32.0 Å². The number of nitrogens with one attached hydrogen (secondary N) is 5. The van der Waals surface area contributed by atoms with E-state index in [1.165, 1.54) is 17.4 Å². The lowest BCUT2D eigenvalue weighted by atomic mass is 10.1. The van der Waals surface area contributed by atoms with Gasteiger partial charge in [0.15, 0.2) is 5.69 Å². The lowest BCUT2D eigenvalue weighted by Gasteiger charge is -2.27. The van der Waals surface area contributed by atoms with Crippen LogP contribution in [0.5, 0.6) is 0 Å². The highest BCUT2D eigenvalue weighted by molar-refractivity contribution is 6.44. The quantitative estimate of drug-likeness (QED) is 0.348. The maximum atomic E-state index is 13.3. The van der Waals surface area contributed by atoms with Crippen LogP contribution in [0.15, 0.2) is 42.8 Å². The maximum Gasteiger partial charge on any atom is 0.276 e. The molecule has 3 amide bonds. The molecule has 1 aliphatic carbocycles. The number of hydrogen-bond donors (Lipinski definition) is 5. The van der Waals surface area contributed by atoms with Crippen LogP contribution in [-0.4, -0.2) is 70.0 Å². The van der Waals surface area contributed by atoms with Crippen LogP contribution >= 0.6 is 0 Å². The van der Waals surface area contributed by atoms with Crippen molar-refractivity contribution in [3.63, 3.8) is 0 Å². The molecule has 1 saturated heterocycles. The van der Waals surface area contributed by atoms with Crippen LogP contribution < -0.4 is 21.3 Å². The van der Waals surface area contributed by atoms with Gasteiger partial charge in [-0.1, -0.05) is 0 Å². The summed E-state index contributed by atoms with van der Waals surface area (Å²) >= 11 is 0. The molecule has 0 spiro atoms. The van der Waals surface area contributed by atoms with Crippen molar-refractivity contribution < 1.29 is 14.4 Å². The third-order valence-corrected chi connectivity index (χ3v) is 5.31. The summed E-state index contributed by atoms with van der Waals surface area (Å²) in [6, 6.07) is 3.64. The van der Waals surface area contributed by atoms with E-state index in [0.29, 0.717) is 23.8 Å². The molecule has 0 radical (unpaired) electrons. The van der Waals surface area contributed by atoms with Gasteiger partial charge in [0.2, 0.25) is 5.91 Å². The minimum Gasteiger partial charge on any atom is -0.392 e. The summed E-state index contributed by atoms with van der Waals surface area (Å²) in [5, 5.41) is 19.5. The van der Waals surface area contributed by atoms with Gasteiger partial charge in [-0.2, -0.15) is 0 Å². The molecular weight excluding hydrogens is 438 g/mol. The van der Waals surface area contributed by atoms with E-state index in [1.54, 1.807) is 25.5 Å². The molecule has 0 aromatic carbocycles. The Bertz CT molecular complexity index is 1150. The fourth-order valence-corrected chi connectivity index (χ4v) is 3.46. The van der Waals surface area contributed by atoms with Crippen LogP contribution in [0.3, 0.4) is 0 Å². The van der Waals surface area contributed by atoms with Gasteiger partial charge in [-0.3, -0.25) is 19.8 Å². The highest BCUT2D eigenvalue weighted by Gasteiger charge is 2.29. The van der Waals surface area contributed by atoms with Gasteiger partial charge in [0.25, 0.3) is 11.8 Å². The summed E-state index contributed by atoms with van der Waals surface area (Å²) < 4.78 is 0. The molecule has 12 heteroatoms. The Kier molecular flexibility index (Phi) is 6.76. The first-order valence-electron chi connectivity index (χ1n) is 10.8. The second kappa shape index (κ2) is 10.1. The minimum atomic E-state index is -0.656. The first kappa shape index (κ1) is 22.8. The van der Waals surface area contributed by atoms with Crippen molar-refractivity contribution in [1.82, 2.24) is 35.8 Å². The highest BCUT2D eigenvalue weighted by Crippen LogP contribution is 2.39. The number of aromatic nitrogens is 3. The zero-order valence-electron chi connectivity index (χ0n) is 18.6. The van der Waals surface area contributed by atoms with E-state index in [4.69, 9.17) is 5.41 Å². The van der Waals surface area contributed by atoms with Gasteiger partial charge < -0.3 is 26.2 Å². The molecule has 2 fully saturated rings. The van der Waals surface area contributed by atoms with E-state index in [0.717, 1.165) is 18.5 Å². The monoisotopic (exact) mass is 463 g/mol. The first-order chi connectivity index (χ1) is 16.5. The molecule has 1 saturated carbocycles. The Labute approximate surface area is 195 Å². The Balaban J connectivity index is 1.57. The number of piperazine rings is 1. The number of hydrogen-bond acceptors (Lipinski definition) is 9. The average Bonchev–Trinajstić information content (AvgIpc) is 3.69. The third-order valence-electron chi connectivity index (χ3n) is 5.31. The van der Waals surface area contributed by atoms with Crippen LogP contribution in [-0.2, 0) is 9.59 Å². The largest absolute Gasteiger partial charge is 0.392 e. The number of pyridine rings is 1. The molecule has 2 aromatic rings. The minimum absolute atomic E-state index is 0.0314. The summed E-state index contributed by atoms with van der Waals surface area (Å²) in [7, 11) is 1.59. The summed E-state index contributed by atoms with van der Waals surface area (Å²) in [6.45, 7) is 0.456. The highest BCUT2D eigenvalue weighted by atomic mass is 16.2. The van der Waals surface area contributed by atoms with Crippen molar-refractivity contribution in [3.05, 3.63) is 54.1 Å². The molecule has 176 valence electrons. The van der Waals surface area contributed by atoms with E-state index >= 15 is 0 Å². The molecule has 0 unspecified atom stereocenters. The molecule has 2 aliphatic rings. The molecule has 34 heavy (non-hydrogen) atoms. The van der Waals surface area contributed by atoms with Crippen LogP contribution in [0.1, 0.15) is 34.9 Å². The number of carbonyl (C=O) groups is 3. The SMILES string of the molecule is CN/C=C(/NC(=O)c1nc(C2CC2)ccc1Nc1cncnc1)C(=N)C(=O)N1CCNC(=O)C1. The molecule has 3 heterocycles. The summed E-state index contributed by atoms with van der Waals surface area (Å²) in [4.78, 5) is 51.5.